The van der Waals surface area contributed by atoms with Crippen LogP contribution in [0.3, 0.4) is 0 Å². The number of nitrogens with zero attached hydrogens (tertiary/aromatic N) is 1. The summed E-state index contributed by atoms with van der Waals surface area (Å²) in [6.45, 7) is 3.98. The molecule has 0 radical (unpaired) electrons. The first-order chi connectivity index (χ1) is 15.6. The van der Waals surface area contributed by atoms with Crippen molar-refractivity contribution in [2.24, 2.45) is 5.73 Å². The summed E-state index contributed by atoms with van der Waals surface area (Å²) in [7, 11) is -3.73. The molecule has 0 unspecified atom stereocenters. The van der Waals surface area contributed by atoms with Gasteiger partial charge in [-0.1, -0.05) is 12.5 Å². The molecule has 1 saturated heterocycles. The summed E-state index contributed by atoms with van der Waals surface area (Å²) in [5.41, 5.74) is 6.46. The largest absolute Gasteiger partial charge is 0.449 e. The molecule has 9 nitrogen and oxygen atoms in total. The van der Waals surface area contributed by atoms with Crippen molar-refractivity contribution in [3.63, 3.8) is 0 Å². The standard InChI is InChI=1S/C23H27N3O6S/c1-15-6-7-18(14-20(15)33(30,31)26-12-4-3-5-13-26)23(29)32-16(2)22(28)25-19-10-8-17(9-11-19)21(24)27/h6-11,14,16H,3-5,12-13H2,1-2H3,(H2,24,27)(H,25,28)/t16-/m0/s1. The van der Waals surface area contributed by atoms with Crippen molar-refractivity contribution in [3.05, 3.63) is 59.2 Å². The van der Waals surface area contributed by atoms with E-state index < -0.39 is 33.9 Å². The molecule has 1 atom stereocenters. The lowest BCUT2D eigenvalue weighted by Crippen LogP contribution is -2.36. The summed E-state index contributed by atoms with van der Waals surface area (Å²) in [5.74, 6) is -1.98. The van der Waals surface area contributed by atoms with Crippen LogP contribution in [0.1, 0.15) is 52.5 Å². The van der Waals surface area contributed by atoms with Crippen LogP contribution in [0.5, 0.6) is 0 Å². The lowest BCUT2D eigenvalue weighted by molar-refractivity contribution is -0.123. The van der Waals surface area contributed by atoms with Crippen molar-refractivity contribution in [3.8, 4) is 0 Å². The molecule has 0 saturated carbocycles. The van der Waals surface area contributed by atoms with Crippen molar-refractivity contribution < 1.29 is 27.5 Å². The van der Waals surface area contributed by atoms with E-state index in [9.17, 15) is 22.8 Å². The molecular formula is C23H27N3O6S. The van der Waals surface area contributed by atoms with E-state index >= 15 is 0 Å². The van der Waals surface area contributed by atoms with E-state index in [1.807, 2.05) is 0 Å². The van der Waals surface area contributed by atoms with Crippen LogP contribution in [0, 0.1) is 6.92 Å². The van der Waals surface area contributed by atoms with Crippen LogP contribution < -0.4 is 11.1 Å². The molecule has 2 aromatic rings. The van der Waals surface area contributed by atoms with Crippen LogP contribution >= 0.6 is 0 Å². The lowest BCUT2D eigenvalue weighted by Gasteiger charge is -2.26. The number of amides is 2. The van der Waals surface area contributed by atoms with Gasteiger partial charge in [0.2, 0.25) is 15.9 Å². The minimum Gasteiger partial charge on any atom is -0.449 e. The number of piperidine rings is 1. The first kappa shape index (κ1) is 24.4. The summed E-state index contributed by atoms with van der Waals surface area (Å²) >= 11 is 0. The van der Waals surface area contributed by atoms with Crippen LogP contribution in [0.25, 0.3) is 0 Å². The number of benzene rings is 2. The Balaban J connectivity index is 1.69. The van der Waals surface area contributed by atoms with Crippen molar-refractivity contribution in [1.82, 2.24) is 4.31 Å². The van der Waals surface area contributed by atoms with E-state index in [1.165, 1.54) is 47.6 Å². The Hall–Kier alpha value is -3.24. The number of hydrogen-bond acceptors (Lipinski definition) is 6. The van der Waals surface area contributed by atoms with Crippen molar-refractivity contribution in [2.45, 2.75) is 44.1 Å². The normalized spacial score (nSPS) is 15.5. The number of rotatable bonds is 7. The highest BCUT2D eigenvalue weighted by atomic mass is 32.2. The average molecular weight is 474 g/mol. The van der Waals surface area contributed by atoms with Gasteiger partial charge in [-0.25, -0.2) is 13.2 Å². The van der Waals surface area contributed by atoms with Crippen LogP contribution in [-0.4, -0.2) is 49.7 Å². The van der Waals surface area contributed by atoms with E-state index in [1.54, 1.807) is 13.0 Å². The zero-order valence-electron chi connectivity index (χ0n) is 18.5. The molecule has 0 spiro atoms. The van der Waals surface area contributed by atoms with E-state index in [4.69, 9.17) is 10.5 Å². The Morgan fingerprint density at radius 2 is 1.61 bits per heavy atom. The number of primary amides is 1. The SMILES string of the molecule is Cc1ccc(C(=O)O[C@@H](C)C(=O)Nc2ccc(C(N)=O)cc2)cc1S(=O)(=O)N1CCCCC1. The number of hydrogen-bond donors (Lipinski definition) is 2. The van der Waals surface area contributed by atoms with Crippen molar-refractivity contribution in [1.29, 1.82) is 0 Å². The van der Waals surface area contributed by atoms with Gasteiger partial charge in [0.1, 0.15) is 0 Å². The highest BCUT2D eigenvalue weighted by molar-refractivity contribution is 7.89. The first-order valence-electron chi connectivity index (χ1n) is 10.6. The molecule has 2 amide bonds. The maximum Gasteiger partial charge on any atom is 0.338 e. The van der Waals surface area contributed by atoms with Gasteiger partial charge in [0, 0.05) is 24.3 Å². The number of anilines is 1. The molecule has 1 aliphatic heterocycles. The topological polar surface area (TPSA) is 136 Å². The zero-order chi connectivity index (χ0) is 24.2. The highest BCUT2D eigenvalue weighted by Gasteiger charge is 2.29. The Labute approximate surface area is 193 Å². The second kappa shape index (κ2) is 10.1. The minimum atomic E-state index is -3.73. The van der Waals surface area contributed by atoms with Gasteiger partial charge in [0.05, 0.1) is 10.5 Å². The molecule has 1 aliphatic rings. The molecule has 0 aromatic heterocycles. The Morgan fingerprint density at radius 3 is 2.21 bits per heavy atom. The van der Waals surface area contributed by atoms with Gasteiger partial charge in [-0.3, -0.25) is 9.59 Å². The molecule has 1 heterocycles. The number of carbonyl (C=O) groups excluding carboxylic acids is 3. The number of nitrogens with two attached hydrogens (primary N) is 1. The fourth-order valence-electron chi connectivity index (χ4n) is 3.49. The highest BCUT2D eigenvalue weighted by Crippen LogP contribution is 2.25. The summed E-state index contributed by atoms with van der Waals surface area (Å²) in [6, 6.07) is 10.3. The zero-order valence-corrected chi connectivity index (χ0v) is 19.4. The maximum atomic E-state index is 13.1. The van der Waals surface area contributed by atoms with Gasteiger partial charge in [-0.15, -0.1) is 0 Å². The van der Waals surface area contributed by atoms with Gasteiger partial charge < -0.3 is 15.8 Å². The second-order valence-corrected chi connectivity index (χ2v) is 9.83. The van der Waals surface area contributed by atoms with E-state index in [0.29, 0.717) is 29.9 Å². The number of ether oxygens (including phenoxy) is 1. The number of carbonyl (C=O) groups is 3. The predicted octanol–water partition coefficient (Wildman–Crippen LogP) is 2.45. The van der Waals surface area contributed by atoms with Gasteiger partial charge >= 0.3 is 5.97 Å². The number of esters is 1. The summed E-state index contributed by atoms with van der Waals surface area (Å²) in [4.78, 5) is 36.2. The van der Waals surface area contributed by atoms with Gasteiger partial charge in [-0.2, -0.15) is 4.31 Å². The summed E-state index contributed by atoms with van der Waals surface area (Å²) in [5, 5.41) is 2.58. The van der Waals surface area contributed by atoms with E-state index in [2.05, 4.69) is 5.32 Å². The smallest absolute Gasteiger partial charge is 0.338 e. The lowest BCUT2D eigenvalue weighted by atomic mass is 10.1. The molecule has 3 rings (SSSR count). The molecule has 2 aromatic carbocycles. The first-order valence-corrected chi connectivity index (χ1v) is 12.1. The van der Waals surface area contributed by atoms with Crippen molar-refractivity contribution in [2.75, 3.05) is 18.4 Å². The fraction of sp³-hybridized carbons (Fsp3) is 0.348. The van der Waals surface area contributed by atoms with Crippen LogP contribution in [0.4, 0.5) is 5.69 Å². The van der Waals surface area contributed by atoms with Gasteiger partial charge in [-0.05, 0) is 68.7 Å². The Kier molecular flexibility index (Phi) is 7.50. The number of sulfonamides is 1. The van der Waals surface area contributed by atoms with Gasteiger partial charge in [0.15, 0.2) is 6.10 Å². The van der Waals surface area contributed by atoms with E-state index in [-0.39, 0.29) is 10.5 Å². The summed E-state index contributed by atoms with van der Waals surface area (Å²) < 4.78 is 32.8. The molecule has 33 heavy (non-hydrogen) atoms. The second-order valence-electron chi connectivity index (χ2n) is 7.92. The third-order valence-electron chi connectivity index (χ3n) is 5.45. The molecule has 3 N–H and O–H groups in total. The van der Waals surface area contributed by atoms with Crippen molar-refractivity contribution >= 4 is 33.5 Å². The molecule has 1 fully saturated rings. The Bertz CT molecular complexity index is 1160. The average Bonchev–Trinajstić information content (AvgIpc) is 2.80. The van der Waals surface area contributed by atoms with Crippen LogP contribution in [-0.2, 0) is 19.6 Å². The molecule has 0 aliphatic carbocycles. The Morgan fingerprint density at radius 1 is 1.00 bits per heavy atom. The minimum absolute atomic E-state index is 0.0432. The third-order valence-corrected chi connectivity index (χ3v) is 7.49. The van der Waals surface area contributed by atoms with Crippen LogP contribution in [0.2, 0.25) is 0 Å². The molecule has 176 valence electrons. The van der Waals surface area contributed by atoms with Gasteiger partial charge in [0.25, 0.3) is 5.91 Å². The quantitative estimate of drug-likeness (QED) is 0.593. The number of aryl methyl sites for hydroxylation is 1. The monoisotopic (exact) mass is 473 g/mol. The molecule has 10 heteroatoms. The fourth-order valence-corrected chi connectivity index (χ4v) is 5.26. The van der Waals surface area contributed by atoms with Crippen LogP contribution in [0.15, 0.2) is 47.4 Å². The third kappa shape index (κ3) is 5.77. The number of nitrogens with one attached hydrogen (secondary N) is 1. The summed E-state index contributed by atoms with van der Waals surface area (Å²) in [6.07, 6.45) is 1.46. The predicted molar refractivity (Wildman–Crippen MR) is 122 cm³/mol. The van der Waals surface area contributed by atoms with E-state index in [0.717, 1.165) is 19.3 Å². The maximum absolute atomic E-state index is 13.1. The molecular weight excluding hydrogens is 446 g/mol. The molecule has 0 bridgehead atoms.